The molecule has 2 aliphatic rings. The van der Waals surface area contributed by atoms with Gasteiger partial charge in [-0.15, -0.1) is 0 Å². The Morgan fingerprint density at radius 2 is 1.08 bits per heavy atom. The van der Waals surface area contributed by atoms with Gasteiger partial charge in [-0.05, 0) is 67.8 Å². The standard InChI is InChI=1S/C38H30/c1-3-13-27(14-4-1)28-23-25-30(26-24-28)37-33-19-9-11-21-35(33)38(36-22-12-10-20-34(36)37)32-18-8-7-17-31(32)29-15-5-2-6-16-29/h1-13,15-16,18-27,31H,14,17H2/t27-,31+/m0/s1. The summed E-state index contributed by atoms with van der Waals surface area (Å²) >= 11 is 0. The van der Waals surface area contributed by atoms with Gasteiger partial charge in [-0.3, -0.25) is 0 Å². The Morgan fingerprint density at radius 3 is 1.71 bits per heavy atom. The summed E-state index contributed by atoms with van der Waals surface area (Å²) in [6, 6.07) is 38.2. The zero-order valence-electron chi connectivity index (χ0n) is 21.4. The zero-order valence-corrected chi connectivity index (χ0v) is 21.4. The molecule has 0 heterocycles. The summed E-state index contributed by atoms with van der Waals surface area (Å²) in [7, 11) is 0. The van der Waals surface area contributed by atoms with Crippen molar-refractivity contribution < 1.29 is 0 Å². The second kappa shape index (κ2) is 9.80. The van der Waals surface area contributed by atoms with Gasteiger partial charge in [0.05, 0.1) is 0 Å². The Kier molecular flexibility index (Phi) is 5.87. The molecule has 0 spiro atoms. The number of rotatable bonds is 4. The zero-order chi connectivity index (χ0) is 25.3. The summed E-state index contributed by atoms with van der Waals surface area (Å²) in [5, 5.41) is 5.29. The molecule has 0 bridgehead atoms. The minimum atomic E-state index is 0.343. The summed E-state index contributed by atoms with van der Waals surface area (Å²) in [6.45, 7) is 0. The second-order valence-electron chi connectivity index (χ2n) is 10.4. The molecule has 0 nitrogen and oxygen atoms in total. The fourth-order valence-electron chi connectivity index (χ4n) is 6.36. The van der Waals surface area contributed by atoms with Crippen molar-refractivity contribution in [3.8, 4) is 11.1 Å². The van der Waals surface area contributed by atoms with Crippen LogP contribution >= 0.6 is 0 Å². The molecule has 0 saturated carbocycles. The van der Waals surface area contributed by atoms with E-state index in [0.717, 1.165) is 12.8 Å². The summed E-state index contributed by atoms with van der Waals surface area (Å²) < 4.78 is 0. The molecule has 0 aromatic heterocycles. The monoisotopic (exact) mass is 486 g/mol. The first-order valence-electron chi connectivity index (χ1n) is 13.7. The third-order valence-electron chi connectivity index (χ3n) is 8.19. The van der Waals surface area contributed by atoms with E-state index in [4.69, 9.17) is 0 Å². The number of benzene rings is 5. The van der Waals surface area contributed by atoms with Gasteiger partial charge in [0.15, 0.2) is 0 Å². The lowest BCUT2D eigenvalue weighted by molar-refractivity contribution is 0.854. The van der Waals surface area contributed by atoms with Gasteiger partial charge >= 0.3 is 0 Å². The summed E-state index contributed by atoms with van der Waals surface area (Å²) in [5.41, 5.74) is 8.14. The van der Waals surface area contributed by atoms with Crippen LogP contribution in [0.4, 0.5) is 0 Å². The Morgan fingerprint density at radius 1 is 0.474 bits per heavy atom. The molecule has 0 heteroatoms. The Hall–Kier alpha value is -4.42. The molecular formula is C38H30. The average molecular weight is 487 g/mol. The average Bonchev–Trinajstić information content (AvgIpc) is 3.01. The lowest BCUT2D eigenvalue weighted by atomic mass is 9.77. The maximum absolute atomic E-state index is 2.34. The molecule has 0 unspecified atom stereocenters. The molecule has 0 aliphatic heterocycles. The fourth-order valence-corrected chi connectivity index (χ4v) is 6.36. The van der Waals surface area contributed by atoms with Gasteiger partial charge in [0.25, 0.3) is 0 Å². The van der Waals surface area contributed by atoms with E-state index in [1.807, 2.05) is 0 Å². The first kappa shape index (κ1) is 22.8. The van der Waals surface area contributed by atoms with Crippen molar-refractivity contribution in [1.29, 1.82) is 0 Å². The fraction of sp³-hybridized carbons (Fsp3) is 0.105. The van der Waals surface area contributed by atoms with Gasteiger partial charge in [0.1, 0.15) is 0 Å². The predicted octanol–water partition coefficient (Wildman–Crippen LogP) is 10.4. The third-order valence-corrected chi connectivity index (χ3v) is 8.19. The molecule has 0 fully saturated rings. The summed E-state index contributed by atoms with van der Waals surface area (Å²) in [5.74, 6) is 0.807. The van der Waals surface area contributed by atoms with E-state index in [2.05, 4.69) is 146 Å². The van der Waals surface area contributed by atoms with Crippen molar-refractivity contribution in [2.75, 3.05) is 0 Å². The van der Waals surface area contributed by atoms with Crippen LogP contribution in [0.15, 0.2) is 146 Å². The molecule has 38 heavy (non-hydrogen) atoms. The smallest absolute Gasteiger partial charge is 0.0130 e. The topological polar surface area (TPSA) is 0 Å². The van der Waals surface area contributed by atoms with Crippen molar-refractivity contribution in [3.05, 3.63) is 162 Å². The van der Waals surface area contributed by atoms with Gasteiger partial charge in [0.2, 0.25) is 0 Å². The number of allylic oxidation sites excluding steroid dienone is 8. The first-order valence-corrected chi connectivity index (χ1v) is 13.7. The van der Waals surface area contributed by atoms with E-state index >= 15 is 0 Å². The number of hydrogen-bond donors (Lipinski definition) is 0. The molecular weight excluding hydrogens is 456 g/mol. The van der Waals surface area contributed by atoms with Crippen LogP contribution in [-0.4, -0.2) is 0 Å². The van der Waals surface area contributed by atoms with Crippen molar-refractivity contribution in [1.82, 2.24) is 0 Å². The Bertz CT molecular complexity index is 1690. The molecule has 0 N–H and O–H groups in total. The highest BCUT2D eigenvalue weighted by Gasteiger charge is 2.24. The molecule has 182 valence electrons. The summed E-state index contributed by atoms with van der Waals surface area (Å²) in [6.07, 6.45) is 17.9. The van der Waals surface area contributed by atoms with E-state index in [1.165, 1.54) is 54.9 Å². The van der Waals surface area contributed by atoms with Crippen molar-refractivity contribution >= 4 is 27.1 Å². The highest BCUT2D eigenvalue weighted by molar-refractivity contribution is 6.19. The first-order chi connectivity index (χ1) is 18.9. The second-order valence-corrected chi connectivity index (χ2v) is 10.4. The van der Waals surface area contributed by atoms with Crippen LogP contribution in [0, 0.1) is 0 Å². The maximum Gasteiger partial charge on any atom is 0.0130 e. The summed E-state index contributed by atoms with van der Waals surface area (Å²) in [4.78, 5) is 0. The van der Waals surface area contributed by atoms with Gasteiger partial charge < -0.3 is 0 Å². The van der Waals surface area contributed by atoms with Crippen molar-refractivity contribution in [2.24, 2.45) is 0 Å². The quantitative estimate of drug-likeness (QED) is 0.222. The molecule has 7 rings (SSSR count). The SMILES string of the molecule is C1=CC[C@@H](c2ccc(-c3c4ccccc4c(C4=CC=CC[C@@H]4c4ccccc4)c4ccccc34)cc2)C=C1. The lowest BCUT2D eigenvalue weighted by Gasteiger charge is -2.26. The normalized spacial score (nSPS) is 18.7. The van der Waals surface area contributed by atoms with Crippen LogP contribution in [0.3, 0.4) is 0 Å². The molecule has 5 aromatic carbocycles. The molecule has 0 amide bonds. The third kappa shape index (κ3) is 3.94. The van der Waals surface area contributed by atoms with E-state index in [9.17, 15) is 0 Å². The van der Waals surface area contributed by atoms with Crippen molar-refractivity contribution in [3.63, 3.8) is 0 Å². The van der Waals surface area contributed by atoms with Crippen LogP contribution in [0.25, 0.3) is 38.2 Å². The van der Waals surface area contributed by atoms with Crippen molar-refractivity contribution in [2.45, 2.75) is 24.7 Å². The van der Waals surface area contributed by atoms with Gasteiger partial charge in [-0.1, -0.05) is 146 Å². The molecule has 2 aliphatic carbocycles. The van der Waals surface area contributed by atoms with Crippen LogP contribution in [0.5, 0.6) is 0 Å². The lowest BCUT2D eigenvalue weighted by Crippen LogP contribution is -2.05. The van der Waals surface area contributed by atoms with Gasteiger partial charge in [-0.2, -0.15) is 0 Å². The number of hydrogen-bond acceptors (Lipinski definition) is 0. The number of fused-ring (bicyclic) bond motifs is 2. The van der Waals surface area contributed by atoms with Crippen LogP contribution < -0.4 is 0 Å². The van der Waals surface area contributed by atoms with E-state index in [0.29, 0.717) is 11.8 Å². The van der Waals surface area contributed by atoms with Crippen LogP contribution in [0.1, 0.15) is 41.4 Å². The maximum atomic E-state index is 2.34. The van der Waals surface area contributed by atoms with Crippen LogP contribution in [0.2, 0.25) is 0 Å². The predicted molar refractivity (Wildman–Crippen MR) is 163 cm³/mol. The minimum Gasteiger partial charge on any atom is -0.0836 e. The molecule has 0 saturated heterocycles. The highest BCUT2D eigenvalue weighted by Crippen LogP contribution is 2.47. The molecule has 2 atom stereocenters. The highest BCUT2D eigenvalue weighted by atomic mass is 14.3. The Labute approximate surface area is 225 Å². The largest absolute Gasteiger partial charge is 0.0836 e. The van der Waals surface area contributed by atoms with Gasteiger partial charge in [-0.25, -0.2) is 0 Å². The van der Waals surface area contributed by atoms with E-state index in [1.54, 1.807) is 0 Å². The van der Waals surface area contributed by atoms with Gasteiger partial charge in [0, 0.05) is 11.8 Å². The minimum absolute atomic E-state index is 0.343. The van der Waals surface area contributed by atoms with E-state index in [-0.39, 0.29) is 0 Å². The molecule has 5 aromatic rings. The van der Waals surface area contributed by atoms with Crippen LogP contribution in [-0.2, 0) is 0 Å². The molecule has 0 radical (unpaired) electrons. The Balaban J connectivity index is 1.45. The van der Waals surface area contributed by atoms with E-state index < -0.39 is 0 Å².